The van der Waals surface area contributed by atoms with Crippen molar-refractivity contribution in [3.63, 3.8) is 0 Å². The molecule has 0 aromatic heterocycles. The van der Waals surface area contributed by atoms with Crippen LogP contribution in [0.15, 0.2) is 45.3 Å². The van der Waals surface area contributed by atoms with Gasteiger partial charge in [0.2, 0.25) is 0 Å². The predicted molar refractivity (Wildman–Crippen MR) is 108 cm³/mol. The van der Waals surface area contributed by atoms with E-state index in [1.54, 1.807) is 37.3 Å². The molecule has 1 fully saturated rings. The fourth-order valence-electron chi connectivity index (χ4n) is 2.11. The molecule has 0 saturated heterocycles. The molecule has 1 N–H and O–H groups in total. The minimum atomic E-state index is 0.0683. The van der Waals surface area contributed by atoms with Gasteiger partial charge in [-0.2, -0.15) is 0 Å². The molecule has 0 bridgehead atoms. The summed E-state index contributed by atoms with van der Waals surface area (Å²) in [4.78, 5) is 21.3. The number of carbonyl (C=O) groups is 2. The van der Waals surface area contributed by atoms with Crippen molar-refractivity contribution in [1.29, 1.82) is 0 Å². The molecule has 138 valence electrons. The monoisotopic (exact) mass is 482 g/mol. The predicted octanol–water partition coefficient (Wildman–Crippen LogP) is 5.34. The van der Waals surface area contributed by atoms with Gasteiger partial charge in [0, 0.05) is 12.0 Å². The summed E-state index contributed by atoms with van der Waals surface area (Å²) in [6, 6.07) is 10.5. The van der Waals surface area contributed by atoms with Crippen LogP contribution >= 0.6 is 31.9 Å². The number of halogens is 2. The number of aromatic hydroxyl groups is 1. The highest BCUT2D eigenvalue weighted by Crippen LogP contribution is 2.32. The van der Waals surface area contributed by atoms with Gasteiger partial charge >= 0.3 is 0 Å². The van der Waals surface area contributed by atoms with Crippen molar-refractivity contribution >= 4 is 43.9 Å². The van der Waals surface area contributed by atoms with Gasteiger partial charge in [0.25, 0.3) is 0 Å². The van der Waals surface area contributed by atoms with E-state index < -0.39 is 0 Å². The van der Waals surface area contributed by atoms with Gasteiger partial charge in [0.1, 0.15) is 17.8 Å². The average Bonchev–Trinajstić information content (AvgIpc) is 3.42. The normalized spacial score (nSPS) is 12.7. The second kappa shape index (κ2) is 9.88. The first-order chi connectivity index (χ1) is 12.4. The molecule has 0 aliphatic heterocycles. The van der Waals surface area contributed by atoms with Crippen molar-refractivity contribution in [2.45, 2.75) is 26.2 Å². The second-order valence-electron chi connectivity index (χ2n) is 6.11. The maximum atomic E-state index is 11.2. The van der Waals surface area contributed by atoms with E-state index in [1.807, 2.05) is 6.07 Å². The van der Waals surface area contributed by atoms with Crippen LogP contribution in [0.25, 0.3) is 0 Å². The van der Waals surface area contributed by atoms with Gasteiger partial charge in [-0.25, -0.2) is 0 Å². The SMILES string of the molecule is CC(=O)c1ccc(Br)c(OCC2CC2)c1.O=CCc1ccc(Br)c(O)c1. The van der Waals surface area contributed by atoms with Crippen molar-refractivity contribution < 1.29 is 19.4 Å². The summed E-state index contributed by atoms with van der Waals surface area (Å²) in [5, 5.41) is 9.16. The highest BCUT2D eigenvalue weighted by atomic mass is 79.9. The average molecular weight is 484 g/mol. The molecule has 26 heavy (non-hydrogen) atoms. The third-order valence-electron chi connectivity index (χ3n) is 3.84. The largest absolute Gasteiger partial charge is 0.507 e. The lowest BCUT2D eigenvalue weighted by atomic mass is 10.1. The summed E-state index contributed by atoms with van der Waals surface area (Å²) < 4.78 is 7.21. The van der Waals surface area contributed by atoms with Crippen LogP contribution in [0.4, 0.5) is 0 Å². The molecule has 1 saturated carbocycles. The summed E-state index contributed by atoms with van der Waals surface area (Å²) in [5.74, 6) is 1.73. The molecule has 0 amide bonds. The van der Waals surface area contributed by atoms with Crippen LogP contribution in [0.3, 0.4) is 0 Å². The van der Waals surface area contributed by atoms with Gasteiger partial charge < -0.3 is 14.6 Å². The Morgan fingerprint density at radius 3 is 2.46 bits per heavy atom. The molecular weight excluding hydrogens is 464 g/mol. The molecule has 6 heteroatoms. The van der Waals surface area contributed by atoms with E-state index in [0.717, 1.165) is 34.6 Å². The smallest absolute Gasteiger partial charge is 0.159 e. The van der Waals surface area contributed by atoms with Crippen LogP contribution in [0, 0.1) is 5.92 Å². The molecule has 4 nitrogen and oxygen atoms in total. The van der Waals surface area contributed by atoms with Gasteiger partial charge in [-0.1, -0.05) is 12.1 Å². The van der Waals surface area contributed by atoms with Crippen molar-refractivity contribution in [2.75, 3.05) is 6.61 Å². The quantitative estimate of drug-likeness (QED) is 0.445. The molecule has 3 rings (SSSR count). The van der Waals surface area contributed by atoms with E-state index in [4.69, 9.17) is 9.84 Å². The molecule has 0 radical (unpaired) electrons. The molecule has 1 aliphatic carbocycles. The molecule has 0 heterocycles. The lowest BCUT2D eigenvalue weighted by Gasteiger charge is -2.08. The number of aldehydes is 1. The van der Waals surface area contributed by atoms with E-state index in [-0.39, 0.29) is 11.5 Å². The zero-order valence-electron chi connectivity index (χ0n) is 14.4. The zero-order valence-corrected chi connectivity index (χ0v) is 17.5. The van der Waals surface area contributed by atoms with Crippen molar-refractivity contribution in [3.05, 3.63) is 56.5 Å². The van der Waals surface area contributed by atoms with Crippen molar-refractivity contribution in [3.8, 4) is 11.5 Å². The first kappa shape index (κ1) is 20.6. The highest BCUT2D eigenvalue weighted by Gasteiger charge is 2.22. The van der Waals surface area contributed by atoms with Crippen LogP contribution in [0.5, 0.6) is 11.5 Å². The van der Waals surface area contributed by atoms with E-state index in [2.05, 4.69) is 31.9 Å². The molecule has 0 unspecified atom stereocenters. The Balaban J connectivity index is 0.000000197. The number of ketones is 1. The van der Waals surface area contributed by atoms with Crippen LogP contribution in [0.2, 0.25) is 0 Å². The number of Topliss-reactive ketones (excluding diaryl/α,β-unsaturated/α-hetero) is 1. The topological polar surface area (TPSA) is 63.6 Å². The second-order valence-corrected chi connectivity index (χ2v) is 7.82. The number of hydrogen-bond donors (Lipinski definition) is 1. The molecule has 0 spiro atoms. The number of phenolic OH excluding ortho intramolecular Hbond substituents is 1. The van der Waals surface area contributed by atoms with Crippen molar-refractivity contribution in [1.82, 2.24) is 0 Å². The summed E-state index contributed by atoms with van der Waals surface area (Å²) >= 11 is 6.56. The van der Waals surface area contributed by atoms with Crippen LogP contribution < -0.4 is 4.74 Å². The lowest BCUT2D eigenvalue weighted by Crippen LogP contribution is -2.01. The third-order valence-corrected chi connectivity index (χ3v) is 5.16. The fourth-order valence-corrected chi connectivity index (χ4v) is 2.71. The number of phenols is 1. The van der Waals surface area contributed by atoms with E-state index >= 15 is 0 Å². The first-order valence-electron chi connectivity index (χ1n) is 8.25. The fraction of sp³-hybridized carbons (Fsp3) is 0.300. The lowest BCUT2D eigenvalue weighted by molar-refractivity contribution is -0.107. The number of rotatable bonds is 6. The molecule has 2 aromatic rings. The maximum absolute atomic E-state index is 11.2. The Labute approximate surface area is 169 Å². The van der Waals surface area contributed by atoms with Crippen LogP contribution in [0.1, 0.15) is 35.7 Å². The Morgan fingerprint density at radius 1 is 1.19 bits per heavy atom. The summed E-state index contributed by atoms with van der Waals surface area (Å²) in [6.45, 7) is 2.33. The Bertz CT molecular complexity index is 785. The Kier molecular flexibility index (Phi) is 7.85. The van der Waals surface area contributed by atoms with E-state index in [9.17, 15) is 9.59 Å². The minimum absolute atomic E-state index is 0.0683. The van der Waals surface area contributed by atoms with Gasteiger partial charge in [-0.3, -0.25) is 4.79 Å². The zero-order chi connectivity index (χ0) is 19.1. The Morgan fingerprint density at radius 2 is 1.88 bits per heavy atom. The summed E-state index contributed by atoms with van der Waals surface area (Å²) in [6.07, 6.45) is 3.69. The molecule has 2 aromatic carbocycles. The van der Waals surface area contributed by atoms with Crippen LogP contribution in [-0.4, -0.2) is 23.8 Å². The van der Waals surface area contributed by atoms with Crippen LogP contribution in [-0.2, 0) is 11.2 Å². The number of carbonyl (C=O) groups excluding carboxylic acids is 2. The first-order valence-corrected chi connectivity index (χ1v) is 9.83. The van der Waals surface area contributed by atoms with Gasteiger partial charge in [-0.15, -0.1) is 0 Å². The Hall–Kier alpha value is -1.66. The van der Waals surface area contributed by atoms with E-state index in [1.165, 1.54) is 12.8 Å². The molecule has 0 atom stereocenters. The van der Waals surface area contributed by atoms with Gasteiger partial charge in [0.05, 0.1) is 15.6 Å². The minimum Gasteiger partial charge on any atom is -0.507 e. The van der Waals surface area contributed by atoms with Gasteiger partial charge in [-0.05, 0) is 87.4 Å². The third kappa shape index (κ3) is 6.57. The van der Waals surface area contributed by atoms with Gasteiger partial charge in [0.15, 0.2) is 5.78 Å². The van der Waals surface area contributed by atoms with E-state index in [0.29, 0.717) is 16.5 Å². The summed E-state index contributed by atoms with van der Waals surface area (Å²) in [5.41, 5.74) is 1.52. The highest BCUT2D eigenvalue weighted by molar-refractivity contribution is 9.10. The number of ether oxygens (including phenoxy) is 1. The number of benzene rings is 2. The molecule has 1 aliphatic rings. The summed E-state index contributed by atoms with van der Waals surface area (Å²) in [7, 11) is 0. The van der Waals surface area contributed by atoms with Crippen molar-refractivity contribution in [2.24, 2.45) is 5.92 Å². The standard InChI is InChI=1S/C12H13BrO2.C8H7BrO2/c1-8(14)10-4-5-11(13)12(6-10)15-7-9-2-3-9;9-7-2-1-6(3-4-10)5-8(7)11/h4-6,9H,2-3,7H2,1H3;1-2,4-5,11H,3H2. The molecular formula is C20H20Br2O4. The number of hydrogen-bond acceptors (Lipinski definition) is 4. The maximum Gasteiger partial charge on any atom is 0.159 e.